The van der Waals surface area contributed by atoms with E-state index in [1.54, 1.807) is 30.3 Å². The van der Waals surface area contributed by atoms with E-state index in [0.717, 1.165) is 16.3 Å². The van der Waals surface area contributed by atoms with Crippen molar-refractivity contribution in [2.75, 3.05) is 5.32 Å². The second-order valence-electron chi connectivity index (χ2n) is 7.32. The van der Waals surface area contributed by atoms with Gasteiger partial charge in [0.15, 0.2) is 0 Å². The lowest BCUT2D eigenvalue weighted by molar-refractivity contribution is 0.0695. The fraction of sp³-hybridized carbons (Fsp3) is 0.190. The summed E-state index contributed by atoms with van der Waals surface area (Å²) in [6.07, 6.45) is 1.06. The zero-order valence-electron chi connectivity index (χ0n) is 15.3. The van der Waals surface area contributed by atoms with E-state index in [4.69, 9.17) is 0 Å². The maximum absolute atomic E-state index is 12.8. The molecule has 138 valence electrons. The van der Waals surface area contributed by atoms with Gasteiger partial charge in [-0.15, -0.1) is 0 Å². The molecule has 3 rings (SSSR count). The smallest absolute Gasteiger partial charge is 0.341 e. The predicted molar refractivity (Wildman–Crippen MR) is 105 cm³/mol. The topological polar surface area (TPSA) is 88.4 Å². The van der Waals surface area contributed by atoms with E-state index in [9.17, 15) is 19.5 Å². The molecule has 2 aromatic carbocycles. The number of anilines is 1. The first-order valence-electron chi connectivity index (χ1n) is 8.48. The van der Waals surface area contributed by atoms with Crippen LogP contribution in [0.4, 0.5) is 10.5 Å². The summed E-state index contributed by atoms with van der Waals surface area (Å²) in [5.41, 5.74) is 0.975. The number of hydrogen-bond acceptors (Lipinski definition) is 3. The number of pyridine rings is 1. The molecule has 0 aliphatic rings. The molecule has 0 fully saturated rings. The Bertz CT molecular complexity index is 1090. The maximum Gasteiger partial charge on any atom is 0.341 e. The summed E-state index contributed by atoms with van der Waals surface area (Å²) < 4.78 is 1.15. The number of aromatic nitrogens is 1. The quantitative estimate of drug-likeness (QED) is 0.717. The van der Waals surface area contributed by atoms with Crippen molar-refractivity contribution in [2.24, 2.45) is 0 Å². The molecule has 0 aliphatic heterocycles. The van der Waals surface area contributed by atoms with Gasteiger partial charge >= 0.3 is 12.0 Å². The molecule has 1 heterocycles. The van der Waals surface area contributed by atoms with Gasteiger partial charge in [0.2, 0.25) is 5.43 Å². The Hall–Kier alpha value is -3.41. The normalized spacial score (nSPS) is 11.4. The Labute approximate surface area is 156 Å². The number of nitrogens with zero attached hydrogens (tertiary/aromatic N) is 1. The number of amides is 1. The van der Waals surface area contributed by atoms with Crippen molar-refractivity contribution in [3.8, 4) is 0 Å². The van der Waals surface area contributed by atoms with Gasteiger partial charge in [-0.25, -0.2) is 9.59 Å². The molecule has 6 nitrogen and oxygen atoms in total. The molecule has 1 aromatic heterocycles. The fourth-order valence-corrected chi connectivity index (χ4v) is 2.84. The molecule has 6 heteroatoms. The van der Waals surface area contributed by atoms with Crippen LogP contribution >= 0.6 is 0 Å². The predicted octanol–water partition coefficient (Wildman–Crippen LogP) is 4.08. The van der Waals surface area contributed by atoms with Crippen LogP contribution in [0.3, 0.4) is 0 Å². The molecule has 0 atom stereocenters. The van der Waals surface area contributed by atoms with Crippen molar-refractivity contribution in [1.29, 1.82) is 0 Å². The molecule has 27 heavy (non-hydrogen) atoms. The number of aromatic carboxylic acids is 1. The van der Waals surface area contributed by atoms with Crippen LogP contribution < -0.4 is 10.7 Å². The molecule has 1 amide bonds. The molecule has 3 aromatic rings. The molecule has 0 saturated carbocycles. The molecular weight excluding hydrogens is 344 g/mol. The molecule has 0 bridgehead atoms. The number of carbonyl (C=O) groups excluding carboxylic acids is 1. The molecule has 2 N–H and O–H groups in total. The van der Waals surface area contributed by atoms with Crippen LogP contribution in [0.5, 0.6) is 0 Å². The fourth-order valence-electron chi connectivity index (χ4n) is 2.84. The van der Waals surface area contributed by atoms with Gasteiger partial charge in [0, 0.05) is 17.3 Å². The van der Waals surface area contributed by atoms with Gasteiger partial charge in [-0.2, -0.15) is 0 Å². The van der Waals surface area contributed by atoms with Crippen LogP contribution in [0.15, 0.2) is 59.5 Å². The summed E-state index contributed by atoms with van der Waals surface area (Å²) in [5, 5.41) is 12.2. The number of para-hydroxylation sites is 1. The number of carbonyl (C=O) groups is 2. The lowest BCUT2D eigenvalue weighted by Crippen LogP contribution is -2.25. The lowest BCUT2D eigenvalue weighted by atomic mass is 9.87. The molecule has 0 saturated heterocycles. The second kappa shape index (κ2) is 6.72. The van der Waals surface area contributed by atoms with Gasteiger partial charge in [0.05, 0.1) is 5.52 Å². The highest BCUT2D eigenvalue weighted by Gasteiger charge is 2.18. The van der Waals surface area contributed by atoms with Crippen LogP contribution in [0.2, 0.25) is 0 Å². The first-order valence-corrected chi connectivity index (χ1v) is 8.48. The van der Waals surface area contributed by atoms with E-state index in [-0.39, 0.29) is 10.8 Å². The first kappa shape index (κ1) is 18.4. The zero-order valence-corrected chi connectivity index (χ0v) is 15.3. The summed E-state index contributed by atoms with van der Waals surface area (Å²) >= 11 is 0. The van der Waals surface area contributed by atoms with Crippen molar-refractivity contribution in [3.05, 3.63) is 76.1 Å². The SMILES string of the molecule is CC(C)(C)c1ccc(NC(=O)n2cc(C(=O)O)c(=O)c3ccccc32)cc1. The highest BCUT2D eigenvalue weighted by molar-refractivity contribution is 6.00. The van der Waals surface area contributed by atoms with Gasteiger partial charge in [-0.05, 0) is 35.2 Å². The van der Waals surface area contributed by atoms with E-state index in [2.05, 4.69) is 26.1 Å². The van der Waals surface area contributed by atoms with Crippen LogP contribution in [0.25, 0.3) is 10.9 Å². The Morgan fingerprint density at radius 1 is 1.00 bits per heavy atom. The zero-order chi connectivity index (χ0) is 19.8. The highest BCUT2D eigenvalue weighted by Crippen LogP contribution is 2.23. The van der Waals surface area contributed by atoms with Crippen LogP contribution in [0, 0.1) is 0 Å². The van der Waals surface area contributed by atoms with E-state index in [1.165, 1.54) is 6.07 Å². The number of hydrogen-bond donors (Lipinski definition) is 2. The van der Waals surface area contributed by atoms with Crippen LogP contribution in [-0.4, -0.2) is 21.7 Å². The van der Waals surface area contributed by atoms with E-state index in [1.807, 2.05) is 12.1 Å². The Morgan fingerprint density at radius 2 is 1.63 bits per heavy atom. The molecule has 0 unspecified atom stereocenters. The summed E-state index contributed by atoms with van der Waals surface area (Å²) in [6, 6.07) is 13.3. The molecule has 0 aliphatic carbocycles. The minimum absolute atomic E-state index is 0.00611. The number of fused-ring (bicyclic) bond motifs is 1. The average Bonchev–Trinajstić information content (AvgIpc) is 2.61. The number of rotatable bonds is 2. The Balaban J connectivity index is 2.02. The van der Waals surface area contributed by atoms with E-state index >= 15 is 0 Å². The summed E-state index contributed by atoms with van der Waals surface area (Å²) in [4.78, 5) is 36.4. The molecule has 0 spiro atoms. The third kappa shape index (κ3) is 3.60. The van der Waals surface area contributed by atoms with Crippen LogP contribution in [0.1, 0.15) is 36.7 Å². The summed E-state index contributed by atoms with van der Waals surface area (Å²) in [5.74, 6) is -1.37. The van der Waals surface area contributed by atoms with Crippen LogP contribution in [-0.2, 0) is 5.41 Å². The van der Waals surface area contributed by atoms with E-state index < -0.39 is 23.0 Å². The third-order valence-electron chi connectivity index (χ3n) is 4.36. The van der Waals surface area contributed by atoms with Crippen molar-refractivity contribution in [3.63, 3.8) is 0 Å². The number of nitrogens with one attached hydrogen (secondary N) is 1. The Morgan fingerprint density at radius 3 is 2.22 bits per heavy atom. The monoisotopic (exact) mass is 364 g/mol. The van der Waals surface area contributed by atoms with Crippen molar-refractivity contribution in [1.82, 2.24) is 4.57 Å². The standard InChI is InChI=1S/C21H20N2O4/c1-21(2,3)13-8-10-14(11-9-13)22-20(27)23-12-16(19(25)26)18(24)15-6-4-5-7-17(15)23/h4-12H,1-3H3,(H,22,27)(H,25,26). The second-order valence-corrected chi connectivity index (χ2v) is 7.32. The van der Waals surface area contributed by atoms with Gasteiger partial charge < -0.3 is 10.4 Å². The van der Waals surface area contributed by atoms with Crippen molar-refractivity contribution < 1.29 is 14.7 Å². The van der Waals surface area contributed by atoms with Crippen molar-refractivity contribution in [2.45, 2.75) is 26.2 Å². The largest absolute Gasteiger partial charge is 0.477 e. The summed E-state index contributed by atoms with van der Waals surface area (Å²) in [6.45, 7) is 6.29. The van der Waals surface area contributed by atoms with Gasteiger partial charge in [-0.1, -0.05) is 45.0 Å². The third-order valence-corrected chi connectivity index (χ3v) is 4.36. The Kier molecular flexibility index (Phi) is 4.57. The molecular formula is C21H20N2O4. The maximum atomic E-state index is 12.8. The van der Waals surface area contributed by atoms with Gasteiger partial charge in [0.25, 0.3) is 0 Å². The molecule has 0 radical (unpaired) electrons. The number of carboxylic acids is 1. The minimum Gasteiger partial charge on any atom is -0.477 e. The van der Waals surface area contributed by atoms with E-state index in [0.29, 0.717) is 11.2 Å². The van der Waals surface area contributed by atoms with Gasteiger partial charge in [-0.3, -0.25) is 9.36 Å². The average molecular weight is 364 g/mol. The van der Waals surface area contributed by atoms with Gasteiger partial charge in [0.1, 0.15) is 5.56 Å². The summed E-state index contributed by atoms with van der Waals surface area (Å²) in [7, 11) is 0. The lowest BCUT2D eigenvalue weighted by Gasteiger charge is -2.19. The van der Waals surface area contributed by atoms with Crippen molar-refractivity contribution >= 4 is 28.6 Å². The first-order chi connectivity index (χ1) is 12.7. The highest BCUT2D eigenvalue weighted by atomic mass is 16.4. The number of carboxylic acid groups (broad SMARTS) is 1. The minimum atomic E-state index is -1.37. The number of benzene rings is 2.